The zero-order valence-corrected chi connectivity index (χ0v) is 9.64. The molecule has 18 heavy (non-hydrogen) atoms. The van der Waals surface area contributed by atoms with E-state index >= 15 is 0 Å². The molecule has 8 heteroatoms. The molecule has 0 bridgehead atoms. The predicted octanol–water partition coefficient (Wildman–Crippen LogP) is -1.20. The molecule has 0 aliphatic heterocycles. The highest BCUT2D eigenvalue weighted by molar-refractivity contribution is 5.86. The van der Waals surface area contributed by atoms with Crippen LogP contribution in [0.1, 0.15) is 0 Å². The van der Waals surface area contributed by atoms with Crippen molar-refractivity contribution in [3.63, 3.8) is 0 Å². The van der Waals surface area contributed by atoms with Gasteiger partial charge in [0.15, 0.2) is 5.65 Å². The summed E-state index contributed by atoms with van der Waals surface area (Å²) in [6.45, 7) is 0. The van der Waals surface area contributed by atoms with Gasteiger partial charge in [-0.2, -0.15) is 0 Å². The molecular weight excluding hydrogens is 238 g/mol. The number of aromatic amines is 2. The van der Waals surface area contributed by atoms with Crippen molar-refractivity contribution in [2.45, 2.75) is 0 Å². The highest BCUT2D eigenvalue weighted by Crippen LogP contribution is 2.05. The van der Waals surface area contributed by atoms with Crippen molar-refractivity contribution in [1.82, 2.24) is 24.1 Å². The number of aryl methyl sites for hydroxylation is 1. The van der Waals surface area contributed by atoms with Gasteiger partial charge in [0.2, 0.25) is 5.43 Å². The van der Waals surface area contributed by atoms with Crippen LogP contribution in [0.4, 0.5) is 0 Å². The van der Waals surface area contributed by atoms with Crippen LogP contribution in [0.3, 0.4) is 0 Å². The summed E-state index contributed by atoms with van der Waals surface area (Å²) in [5.74, 6) is 0. The Labute approximate surface area is 98.5 Å². The third-order valence-electron chi connectivity index (χ3n) is 2.99. The molecule has 92 valence electrons. The zero-order chi connectivity index (χ0) is 13.0. The molecule has 0 aliphatic carbocycles. The van der Waals surface area contributed by atoms with Crippen LogP contribution in [0.25, 0.3) is 22.2 Å². The molecule has 0 aliphatic rings. The van der Waals surface area contributed by atoms with Crippen molar-refractivity contribution in [2.75, 3.05) is 0 Å². The molecule has 0 saturated heterocycles. The molecule has 0 atom stereocenters. The number of imidazole rings is 1. The van der Waals surface area contributed by atoms with Crippen molar-refractivity contribution in [1.29, 1.82) is 0 Å². The van der Waals surface area contributed by atoms with Gasteiger partial charge >= 0.3 is 5.69 Å². The van der Waals surface area contributed by atoms with Gasteiger partial charge in [-0.05, 0) is 0 Å². The van der Waals surface area contributed by atoms with E-state index in [2.05, 4.69) is 15.0 Å². The minimum absolute atomic E-state index is 0.0589. The summed E-state index contributed by atoms with van der Waals surface area (Å²) in [7, 11) is 2.82. The first-order valence-corrected chi connectivity index (χ1v) is 5.17. The molecule has 8 nitrogen and oxygen atoms in total. The van der Waals surface area contributed by atoms with Crippen LogP contribution < -0.4 is 16.7 Å². The molecule has 0 fully saturated rings. The van der Waals surface area contributed by atoms with E-state index in [0.717, 1.165) is 4.57 Å². The summed E-state index contributed by atoms with van der Waals surface area (Å²) in [4.78, 5) is 45.3. The number of pyridine rings is 1. The topological polar surface area (TPSA) is 106 Å². The second-order valence-corrected chi connectivity index (χ2v) is 4.01. The Balaban J connectivity index is 2.82. The molecule has 3 aromatic rings. The van der Waals surface area contributed by atoms with E-state index in [1.165, 1.54) is 25.0 Å². The summed E-state index contributed by atoms with van der Waals surface area (Å²) in [6, 6.07) is 0. The van der Waals surface area contributed by atoms with Crippen molar-refractivity contribution in [2.24, 2.45) is 14.1 Å². The summed E-state index contributed by atoms with van der Waals surface area (Å²) in [5.41, 5.74) is -0.877. The number of H-pyrrole nitrogens is 2. The Hall–Kier alpha value is -2.64. The number of rotatable bonds is 0. The minimum Gasteiger partial charge on any atom is -0.340 e. The van der Waals surface area contributed by atoms with E-state index < -0.39 is 16.7 Å². The van der Waals surface area contributed by atoms with E-state index in [9.17, 15) is 14.4 Å². The lowest BCUT2D eigenvalue weighted by atomic mass is 10.3. The van der Waals surface area contributed by atoms with E-state index in [-0.39, 0.29) is 16.6 Å². The maximum atomic E-state index is 12.2. The second-order valence-electron chi connectivity index (χ2n) is 4.01. The smallest absolute Gasteiger partial charge is 0.332 e. The average Bonchev–Trinajstić information content (AvgIpc) is 2.82. The lowest BCUT2D eigenvalue weighted by molar-refractivity contribution is 0.708. The van der Waals surface area contributed by atoms with E-state index in [1.807, 2.05) is 0 Å². The number of nitrogens with one attached hydrogen (secondary N) is 2. The Morgan fingerprint density at radius 1 is 1.17 bits per heavy atom. The minimum atomic E-state index is -0.620. The van der Waals surface area contributed by atoms with Crippen LogP contribution in [0.2, 0.25) is 0 Å². The third kappa shape index (κ3) is 1.09. The van der Waals surface area contributed by atoms with E-state index in [0.29, 0.717) is 5.65 Å². The number of hydrogen-bond donors (Lipinski definition) is 2. The molecular formula is C10H9N5O3. The Bertz CT molecular complexity index is 956. The average molecular weight is 247 g/mol. The first-order chi connectivity index (χ1) is 8.52. The SMILES string of the molecule is Cn1c(=O)c2c(=O)c3[nH]cnc3[nH]c2n(C)c1=O. The van der Waals surface area contributed by atoms with Crippen LogP contribution in [0.5, 0.6) is 0 Å². The zero-order valence-electron chi connectivity index (χ0n) is 9.64. The lowest BCUT2D eigenvalue weighted by Crippen LogP contribution is -2.39. The first kappa shape index (κ1) is 10.5. The van der Waals surface area contributed by atoms with Crippen molar-refractivity contribution >= 4 is 22.2 Å². The quantitative estimate of drug-likeness (QED) is 0.520. The lowest BCUT2D eigenvalue weighted by Gasteiger charge is -2.06. The van der Waals surface area contributed by atoms with Gasteiger partial charge < -0.3 is 9.97 Å². The van der Waals surface area contributed by atoms with E-state index in [4.69, 9.17) is 0 Å². The fraction of sp³-hybridized carbons (Fsp3) is 0.200. The summed E-state index contributed by atoms with van der Waals surface area (Å²) in [5, 5.41) is -0.0589. The summed E-state index contributed by atoms with van der Waals surface area (Å²) in [6.07, 6.45) is 1.35. The van der Waals surface area contributed by atoms with Crippen molar-refractivity contribution in [3.05, 3.63) is 37.4 Å². The summed E-state index contributed by atoms with van der Waals surface area (Å²) >= 11 is 0. The maximum absolute atomic E-state index is 12.2. The highest BCUT2D eigenvalue weighted by Gasteiger charge is 2.15. The highest BCUT2D eigenvalue weighted by atomic mass is 16.2. The van der Waals surface area contributed by atoms with Gasteiger partial charge in [0.1, 0.15) is 16.6 Å². The van der Waals surface area contributed by atoms with Gasteiger partial charge in [0.25, 0.3) is 5.56 Å². The second kappa shape index (κ2) is 3.19. The first-order valence-electron chi connectivity index (χ1n) is 5.17. The predicted molar refractivity (Wildman–Crippen MR) is 64.7 cm³/mol. The molecule has 0 spiro atoms. The molecule has 0 aromatic carbocycles. The number of aromatic nitrogens is 5. The van der Waals surface area contributed by atoms with Crippen LogP contribution >= 0.6 is 0 Å². The van der Waals surface area contributed by atoms with Crippen LogP contribution in [-0.2, 0) is 14.1 Å². The molecule has 3 heterocycles. The number of nitrogens with zero attached hydrogens (tertiary/aromatic N) is 3. The Kier molecular flexibility index (Phi) is 1.86. The fourth-order valence-corrected chi connectivity index (χ4v) is 1.99. The standard InChI is InChI=1S/C10H9N5O3/c1-14-8-4(9(17)15(2)10(14)18)6(16)5-7(13-8)12-3-11-5/h3H,1-2H3,(H2,11,12,13,16). The molecule has 0 amide bonds. The van der Waals surface area contributed by atoms with Gasteiger partial charge in [0.05, 0.1) is 6.33 Å². The van der Waals surface area contributed by atoms with Crippen LogP contribution in [0.15, 0.2) is 20.7 Å². The molecule has 2 N–H and O–H groups in total. The van der Waals surface area contributed by atoms with Gasteiger partial charge in [-0.1, -0.05) is 0 Å². The Morgan fingerprint density at radius 3 is 2.61 bits per heavy atom. The van der Waals surface area contributed by atoms with Gasteiger partial charge in [-0.3, -0.25) is 18.7 Å². The molecule has 0 saturated carbocycles. The Morgan fingerprint density at radius 2 is 1.89 bits per heavy atom. The fourth-order valence-electron chi connectivity index (χ4n) is 1.99. The normalized spacial score (nSPS) is 11.4. The number of hydrogen-bond acceptors (Lipinski definition) is 4. The number of fused-ring (bicyclic) bond motifs is 2. The van der Waals surface area contributed by atoms with Crippen molar-refractivity contribution in [3.8, 4) is 0 Å². The van der Waals surface area contributed by atoms with Gasteiger partial charge in [-0.15, -0.1) is 0 Å². The summed E-state index contributed by atoms with van der Waals surface area (Å²) < 4.78 is 2.12. The van der Waals surface area contributed by atoms with Crippen LogP contribution in [-0.4, -0.2) is 24.1 Å². The third-order valence-corrected chi connectivity index (χ3v) is 2.99. The van der Waals surface area contributed by atoms with Gasteiger partial charge in [0, 0.05) is 14.1 Å². The molecule has 0 radical (unpaired) electrons. The molecule has 0 unspecified atom stereocenters. The van der Waals surface area contributed by atoms with Crippen molar-refractivity contribution < 1.29 is 0 Å². The molecule has 3 aromatic heterocycles. The monoisotopic (exact) mass is 247 g/mol. The van der Waals surface area contributed by atoms with E-state index in [1.54, 1.807) is 0 Å². The largest absolute Gasteiger partial charge is 0.340 e. The van der Waals surface area contributed by atoms with Crippen LogP contribution in [0, 0.1) is 0 Å². The maximum Gasteiger partial charge on any atom is 0.332 e. The molecule has 3 rings (SSSR count). The van der Waals surface area contributed by atoms with Gasteiger partial charge in [-0.25, -0.2) is 9.78 Å².